The highest BCUT2D eigenvalue weighted by Crippen LogP contribution is 2.17. The molecule has 5 N–H and O–H groups in total. The maximum atomic E-state index is 12.4. The van der Waals surface area contributed by atoms with Crippen LogP contribution >= 0.6 is 0 Å². The van der Waals surface area contributed by atoms with Crippen molar-refractivity contribution < 1.29 is 25.2 Å². The molecule has 6 heteroatoms. The van der Waals surface area contributed by atoms with Gasteiger partial charge in [-0.25, -0.2) is 0 Å². The zero-order chi connectivity index (χ0) is 37.5. The van der Waals surface area contributed by atoms with E-state index >= 15 is 0 Å². The molecule has 4 atom stereocenters. The molecule has 0 aromatic rings. The van der Waals surface area contributed by atoms with Gasteiger partial charge in [0.2, 0.25) is 5.91 Å². The Morgan fingerprint density at radius 1 is 0.471 bits per heavy atom. The average Bonchev–Trinajstić information content (AvgIpc) is 3.13. The topological polar surface area (TPSA) is 110 Å². The Hall–Kier alpha value is -0.950. The van der Waals surface area contributed by atoms with E-state index in [-0.39, 0.29) is 6.42 Å². The van der Waals surface area contributed by atoms with Crippen LogP contribution in [0.2, 0.25) is 0 Å². The van der Waals surface area contributed by atoms with Gasteiger partial charge in [-0.15, -0.1) is 0 Å². The molecule has 0 bridgehead atoms. The summed E-state index contributed by atoms with van der Waals surface area (Å²) in [6.45, 7) is 3.99. The summed E-state index contributed by atoms with van der Waals surface area (Å²) < 4.78 is 0. The summed E-state index contributed by atoms with van der Waals surface area (Å²) in [5, 5.41) is 43.4. The number of aliphatic hydroxyl groups excluding tert-OH is 4. The van der Waals surface area contributed by atoms with Crippen LogP contribution in [0.5, 0.6) is 0 Å². The lowest BCUT2D eigenvalue weighted by atomic mass is 9.99. The summed E-state index contributed by atoms with van der Waals surface area (Å²) >= 11 is 0. The van der Waals surface area contributed by atoms with E-state index in [1.54, 1.807) is 0 Å². The van der Waals surface area contributed by atoms with Gasteiger partial charge in [0.25, 0.3) is 0 Å². The smallest absolute Gasteiger partial charge is 0.249 e. The van der Waals surface area contributed by atoms with Gasteiger partial charge >= 0.3 is 0 Å². The minimum atomic E-state index is -1.27. The normalized spacial score (nSPS) is 14.2. The molecular weight excluding hydrogens is 634 g/mol. The molecule has 0 heterocycles. The van der Waals surface area contributed by atoms with E-state index < -0.39 is 36.9 Å². The van der Waals surface area contributed by atoms with Crippen LogP contribution in [0.15, 0.2) is 12.2 Å². The minimum Gasteiger partial charge on any atom is -0.394 e. The lowest BCUT2D eigenvalue weighted by Crippen LogP contribution is -2.53. The van der Waals surface area contributed by atoms with Crippen molar-refractivity contribution in [3.8, 4) is 0 Å². The third-order valence-electron chi connectivity index (χ3n) is 10.7. The van der Waals surface area contributed by atoms with Gasteiger partial charge in [0.1, 0.15) is 12.2 Å². The Bertz CT molecular complexity index is 731. The Labute approximate surface area is 317 Å². The van der Waals surface area contributed by atoms with Crippen LogP contribution < -0.4 is 5.32 Å². The standard InChI is InChI=1S/C45H89NO5/c1-3-5-7-9-11-13-14-15-16-17-18-19-20-21-22-23-24-25-26-27-28-29-30-31-33-34-36-38-42(48)44(50)41(40-47)46-45(51)43(49)39-37-35-32-12-10-8-6-4-2/h32,35,41-44,47-50H,3-31,33-34,36-40H2,1-2H3,(H,46,51)/b35-32-. The summed E-state index contributed by atoms with van der Waals surface area (Å²) in [6, 6.07) is -0.995. The summed E-state index contributed by atoms with van der Waals surface area (Å²) in [5.74, 6) is -0.618. The van der Waals surface area contributed by atoms with Crippen LogP contribution in [0, 0.1) is 0 Å². The van der Waals surface area contributed by atoms with Gasteiger partial charge in [-0.1, -0.05) is 219 Å². The van der Waals surface area contributed by atoms with Gasteiger partial charge in [0.05, 0.1) is 18.8 Å². The van der Waals surface area contributed by atoms with E-state index in [0.29, 0.717) is 12.8 Å². The lowest BCUT2D eigenvalue weighted by Gasteiger charge is -2.27. The first-order chi connectivity index (χ1) is 25.0. The van der Waals surface area contributed by atoms with Crippen molar-refractivity contribution in [2.75, 3.05) is 6.61 Å². The average molecular weight is 724 g/mol. The first-order valence-corrected chi connectivity index (χ1v) is 22.6. The number of carbonyl (C=O) groups is 1. The van der Waals surface area contributed by atoms with E-state index in [1.807, 2.05) is 6.08 Å². The van der Waals surface area contributed by atoms with Crippen molar-refractivity contribution in [1.82, 2.24) is 5.32 Å². The zero-order valence-electron chi connectivity index (χ0n) is 34.1. The first-order valence-electron chi connectivity index (χ1n) is 22.6. The molecule has 0 saturated heterocycles. The van der Waals surface area contributed by atoms with E-state index in [4.69, 9.17) is 0 Å². The van der Waals surface area contributed by atoms with Crippen LogP contribution in [0.1, 0.15) is 239 Å². The van der Waals surface area contributed by atoms with Crippen molar-refractivity contribution in [2.45, 2.75) is 263 Å². The fourth-order valence-electron chi connectivity index (χ4n) is 7.11. The molecule has 0 radical (unpaired) electrons. The molecule has 4 unspecified atom stereocenters. The van der Waals surface area contributed by atoms with Crippen molar-refractivity contribution in [3.63, 3.8) is 0 Å². The zero-order valence-corrected chi connectivity index (χ0v) is 34.1. The van der Waals surface area contributed by atoms with Gasteiger partial charge in [0, 0.05) is 0 Å². The molecular formula is C45H89NO5. The number of allylic oxidation sites excluding steroid dienone is 2. The second-order valence-electron chi connectivity index (χ2n) is 15.8. The third-order valence-corrected chi connectivity index (χ3v) is 10.7. The Kier molecular flexibility index (Phi) is 39.5. The predicted molar refractivity (Wildman–Crippen MR) is 219 cm³/mol. The van der Waals surface area contributed by atoms with Crippen molar-refractivity contribution in [1.29, 1.82) is 0 Å². The number of unbranched alkanes of at least 4 members (excludes halogenated alkanes) is 30. The molecule has 0 aromatic carbocycles. The van der Waals surface area contributed by atoms with Crippen LogP contribution in [-0.4, -0.2) is 57.3 Å². The maximum Gasteiger partial charge on any atom is 0.249 e. The quantitative estimate of drug-likeness (QED) is 0.0319. The maximum absolute atomic E-state index is 12.4. The fourth-order valence-corrected chi connectivity index (χ4v) is 7.11. The molecule has 51 heavy (non-hydrogen) atoms. The van der Waals surface area contributed by atoms with Crippen LogP contribution in [0.25, 0.3) is 0 Å². The van der Waals surface area contributed by atoms with Crippen LogP contribution in [0.4, 0.5) is 0 Å². The summed E-state index contributed by atoms with van der Waals surface area (Å²) in [4.78, 5) is 12.4. The molecule has 0 aromatic heterocycles. The van der Waals surface area contributed by atoms with E-state index in [0.717, 1.165) is 32.1 Å². The second kappa shape index (κ2) is 40.2. The Balaban J connectivity index is 3.57. The third kappa shape index (κ3) is 34.6. The predicted octanol–water partition coefficient (Wildman–Crippen LogP) is 11.8. The van der Waals surface area contributed by atoms with E-state index in [2.05, 4.69) is 25.2 Å². The number of hydrogen-bond donors (Lipinski definition) is 5. The molecule has 0 aliphatic rings. The Morgan fingerprint density at radius 2 is 0.804 bits per heavy atom. The molecule has 1 amide bonds. The SMILES string of the molecule is CCCCCC/C=C\CCC(O)C(=O)NC(CO)C(O)C(O)CCCCCCCCCCCCCCCCCCCCCCCCCCCCC. The molecule has 0 aliphatic heterocycles. The molecule has 0 rings (SSSR count). The summed E-state index contributed by atoms with van der Waals surface area (Å²) in [5.41, 5.74) is 0. The van der Waals surface area contributed by atoms with Gasteiger partial charge in [-0.3, -0.25) is 4.79 Å². The van der Waals surface area contributed by atoms with Gasteiger partial charge in [-0.2, -0.15) is 0 Å². The first kappa shape index (κ1) is 50.1. The number of nitrogens with one attached hydrogen (secondary N) is 1. The fraction of sp³-hybridized carbons (Fsp3) is 0.933. The Morgan fingerprint density at radius 3 is 1.18 bits per heavy atom. The minimum absolute atomic E-state index is 0.285. The number of hydrogen-bond acceptors (Lipinski definition) is 5. The highest BCUT2D eigenvalue weighted by Gasteiger charge is 2.28. The number of amides is 1. The van der Waals surface area contributed by atoms with E-state index in [9.17, 15) is 25.2 Å². The molecule has 0 spiro atoms. The number of rotatable bonds is 41. The largest absolute Gasteiger partial charge is 0.394 e. The number of aliphatic hydroxyl groups is 4. The molecule has 0 aliphatic carbocycles. The number of carbonyl (C=O) groups excluding carboxylic acids is 1. The van der Waals surface area contributed by atoms with Crippen LogP contribution in [0.3, 0.4) is 0 Å². The lowest BCUT2D eigenvalue weighted by molar-refractivity contribution is -0.132. The van der Waals surface area contributed by atoms with Gasteiger partial charge in [0.15, 0.2) is 0 Å². The van der Waals surface area contributed by atoms with Gasteiger partial charge in [-0.05, 0) is 32.1 Å². The van der Waals surface area contributed by atoms with Crippen molar-refractivity contribution >= 4 is 5.91 Å². The van der Waals surface area contributed by atoms with Crippen molar-refractivity contribution in [3.05, 3.63) is 12.2 Å². The molecule has 6 nitrogen and oxygen atoms in total. The molecule has 0 fully saturated rings. The van der Waals surface area contributed by atoms with Crippen molar-refractivity contribution in [2.24, 2.45) is 0 Å². The molecule has 0 saturated carbocycles. The summed E-state index contributed by atoms with van der Waals surface area (Å²) in [6.07, 6.45) is 44.3. The second-order valence-corrected chi connectivity index (χ2v) is 15.8. The summed E-state index contributed by atoms with van der Waals surface area (Å²) in [7, 11) is 0. The van der Waals surface area contributed by atoms with Gasteiger partial charge < -0.3 is 25.7 Å². The van der Waals surface area contributed by atoms with Crippen LogP contribution in [-0.2, 0) is 4.79 Å². The molecule has 304 valence electrons. The highest BCUT2D eigenvalue weighted by atomic mass is 16.3. The highest BCUT2D eigenvalue weighted by molar-refractivity contribution is 5.80. The van der Waals surface area contributed by atoms with E-state index in [1.165, 1.54) is 173 Å². The monoisotopic (exact) mass is 724 g/mol.